The summed E-state index contributed by atoms with van der Waals surface area (Å²) in [5.41, 5.74) is 2.25. The number of pyridine rings is 1. The number of benzene rings is 2. The van der Waals surface area contributed by atoms with Crippen LogP contribution in [0.2, 0.25) is 0 Å². The molecule has 0 saturated heterocycles. The summed E-state index contributed by atoms with van der Waals surface area (Å²) in [6.45, 7) is 1.49. The predicted octanol–water partition coefficient (Wildman–Crippen LogP) is 4.56. The quantitative estimate of drug-likeness (QED) is 0.649. The molecule has 27 heavy (non-hydrogen) atoms. The number of carbonyl (C=O) groups is 2. The van der Waals surface area contributed by atoms with Crippen molar-refractivity contribution >= 4 is 28.8 Å². The second-order valence-electron chi connectivity index (χ2n) is 5.80. The Morgan fingerprint density at radius 2 is 1.52 bits per heavy atom. The lowest BCUT2D eigenvalue weighted by atomic mass is 10.1. The molecule has 0 aliphatic carbocycles. The van der Waals surface area contributed by atoms with Gasteiger partial charge in [-0.15, -0.1) is 0 Å². The maximum atomic E-state index is 13.2. The summed E-state index contributed by atoms with van der Waals surface area (Å²) in [7, 11) is 0. The van der Waals surface area contributed by atoms with Crippen LogP contribution in [-0.4, -0.2) is 16.7 Å². The van der Waals surface area contributed by atoms with E-state index >= 15 is 0 Å². The molecule has 0 unspecified atom stereocenters. The van der Waals surface area contributed by atoms with Gasteiger partial charge in [0.25, 0.3) is 5.91 Å². The van der Waals surface area contributed by atoms with Gasteiger partial charge in [0.2, 0.25) is 0 Å². The van der Waals surface area contributed by atoms with E-state index in [2.05, 4.69) is 15.6 Å². The fourth-order valence-electron chi connectivity index (χ4n) is 2.36. The zero-order valence-corrected chi connectivity index (χ0v) is 14.3. The lowest BCUT2D eigenvalue weighted by Gasteiger charge is -2.09. The van der Waals surface area contributed by atoms with Crippen LogP contribution in [0.15, 0.2) is 60.9 Å². The number of hydrogen-bond donors (Lipinski definition) is 2. The molecule has 0 radical (unpaired) electrons. The third-order valence-electron chi connectivity index (χ3n) is 3.76. The zero-order chi connectivity index (χ0) is 19.4. The molecule has 3 rings (SSSR count). The van der Waals surface area contributed by atoms with Gasteiger partial charge in [-0.25, -0.2) is 8.78 Å². The number of halogens is 2. The highest BCUT2D eigenvalue weighted by Gasteiger charge is 2.10. The van der Waals surface area contributed by atoms with Gasteiger partial charge >= 0.3 is 0 Å². The van der Waals surface area contributed by atoms with Gasteiger partial charge in [0, 0.05) is 29.2 Å². The van der Waals surface area contributed by atoms with Crippen LogP contribution < -0.4 is 10.6 Å². The summed E-state index contributed by atoms with van der Waals surface area (Å²) in [4.78, 5) is 27.6. The van der Waals surface area contributed by atoms with Crippen molar-refractivity contribution in [3.63, 3.8) is 0 Å². The lowest BCUT2D eigenvalue weighted by molar-refractivity contribution is 0.101. The third-order valence-corrected chi connectivity index (χ3v) is 3.76. The normalized spacial score (nSPS) is 10.3. The maximum absolute atomic E-state index is 13.2. The van der Waals surface area contributed by atoms with Crippen LogP contribution in [0.3, 0.4) is 0 Å². The van der Waals surface area contributed by atoms with Crippen LogP contribution >= 0.6 is 0 Å². The highest BCUT2D eigenvalue weighted by atomic mass is 19.2. The van der Waals surface area contributed by atoms with Crippen molar-refractivity contribution < 1.29 is 18.4 Å². The molecule has 0 saturated carbocycles. The first-order chi connectivity index (χ1) is 12.9. The van der Waals surface area contributed by atoms with Gasteiger partial charge in [0.15, 0.2) is 17.4 Å². The van der Waals surface area contributed by atoms with E-state index < -0.39 is 17.5 Å². The summed E-state index contributed by atoms with van der Waals surface area (Å²) in [6.07, 6.45) is 2.90. The van der Waals surface area contributed by atoms with Crippen molar-refractivity contribution in [1.29, 1.82) is 0 Å². The topological polar surface area (TPSA) is 71.1 Å². The molecule has 0 spiro atoms. The van der Waals surface area contributed by atoms with Crippen molar-refractivity contribution in [2.45, 2.75) is 6.92 Å². The number of Topliss-reactive ketones (excluding diaryl/α,β-unsaturated/α-hetero) is 1. The zero-order valence-electron chi connectivity index (χ0n) is 14.3. The van der Waals surface area contributed by atoms with Crippen LogP contribution in [0.4, 0.5) is 25.8 Å². The lowest BCUT2D eigenvalue weighted by Crippen LogP contribution is -2.12. The summed E-state index contributed by atoms with van der Waals surface area (Å²) < 4.78 is 26.2. The van der Waals surface area contributed by atoms with Crippen molar-refractivity contribution in [3.8, 4) is 0 Å². The number of anilines is 3. The molecular formula is C20H15F2N3O2. The number of rotatable bonds is 5. The minimum atomic E-state index is -1.05. The van der Waals surface area contributed by atoms with Crippen LogP contribution in [0.1, 0.15) is 27.6 Å². The highest BCUT2D eigenvalue weighted by molar-refractivity contribution is 6.04. The number of nitrogens with zero attached hydrogens (tertiary/aromatic N) is 1. The van der Waals surface area contributed by atoms with Gasteiger partial charge in [-0.2, -0.15) is 0 Å². The second kappa shape index (κ2) is 7.74. The van der Waals surface area contributed by atoms with E-state index in [1.807, 2.05) is 0 Å². The summed E-state index contributed by atoms with van der Waals surface area (Å²) in [5, 5.41) is 5.57. The summed E-state index contributed by atoms with van der Waals surface area (Å²) in [5.74, 6) is -2.57. The Morgan fingerprint density at radius 1 is 0.815 bits per heavy atom. The number of amides is 1. The average Bonchev–Trinajstić information content (AvgIpc) is 2.65. The Hall–Kier alpha value is -3.61. The van der Waals surface area contributed by atoms with Crippen molar-refractivity contribution in [2.24, 2.45) is 0 Å². The fraction of sp³-hybridized carbons (Fsp3) is 0.0500. The molecule has 7 heteroatoms. The van der Waals surface area contributed by atoms with Crippen molar-refractivity contribution in [1.82, 2.24) is 4.98 Å². The molecule has 2 aromatic carbocycles. The summed E-state index contributed by atoms with van der Waals surface area (Å²) >= 11 is 0. The van der Waals surface area contributed by atoms with E-state index in [9.17, 15) is 18.4 Å². The molecule has 3 aromatic rings. The van der Waals surface area contributed by atoms with Gasteiger partial charge in [0.05, 0.1) is 17.4 Å². The minimum Gasteiger partial charge on any atom is -0.354 e. The minimum absolute atomic E-state index is 0.0286. The Morgan fingerprint density at radius 3 is 2.19 bits per heavy atom. The van der Waals surface area contributed by atoms with Gasteiger partial charge < -0.3 is 10.6 Å². The van der Waals surface area contributed by atoms with E-state index in [4.69, 9.17) is 0 Å². The van der Waals surface area contributed by atoms with Crippen LogP contribution in [0.25, 0.3) is 0 Å². The number of hydrogen-bond acceptors (Lipinski definition) is 4. The Labute approximate surface area is 154 Å². The largest absolute Gasteiger partial charge is 0.354 e. The van der Waals surface area contributed by atoms with Crippen molar-refractivity contribution in [3.05, 3.63) is 83.7 Å². The molecular weight excluding hydrogens is 352 g/mol. The molecule has 1 heterocycles. The smallest absolute Gasteiger partial charge is 0.257 e. The van der Waals surface area contributed by atoms with E-state index in [1.165, 1.54) is 25.4 Å². The van der Waals surface area contributed by atoms with E-state index in [0.29, 0.717) is 11.3 Å². The van der Waals surface area contributed by atoms with E-state index in [1.54, 1.807) is 30.3 Å². The van der Waals surface area contributed by atoms with Gasteiger partial charge in [-0.1, -0.05) is 0 Å². The monoisotopic (exact) mass is 367 g/mol. The number of ketones is 1. The molecule has 1 amide bonds. The SMILES string of the molecule is CC(=O)c1ccc(Nc2cncc(C(=O)Nc3ccc(F)c(F)c3)c2)cc1. The van der Waals surface area contributed by atoms with Crippen LogP contribution in [0.5, 0.6) is 0 Å². The van der Waals surface area contributed by atoms with Crippen LogP contribution in [0, 0.1) is 11.6 Å². The molecule has 0 atom stereocenters. The van der Waals surface area contributed by atoms with E-state index in [0.717, 1.165) is 17.8 Å². The first-order valence-electron chi connectivity index (χ1n) is 8.02. The van der Waals surface area contributed by atoms with Gasteiger partial charge in [0.1, 0.15) is 0 Å². The molecule has 0 fully saturated rings. The number of carbonyl (C=O) groups excluding carboxylic acids is 2. The fourth-order valence-corrected chi connectivity index (χ4v) is 2.36. The second-order valence-corrected chi connectivity index (χ2v) is 5.80. The first-order valence-corrected chi connectivity index (χ1v) is 8.02. The first kappa shape index (κ1) is 18.2. The molecule has 0 bridgehead atoms. The predicted molar refractivity (Wildman–Crippen MR) is 98.3 cm³/mol. The third kappa shape index (κ3) is 4.52. The summed E-state index contributed by atoms with van der Waals surface area (Å²) in [6, 6.07) is 11.5. The van der Waals surface area contributed by atoms with Gasteiger partial charge in [-0.3, -0.25) is 14.6 Å². The van der Waals surface area contributed by atoms with E-state index in [-0.39, 0.29) is 17.0 Å². The Kier molecular flexibility index (Phi) is 5.21. The highest BCUT2D eigenvalue weighted by Crippen LogP contribution is 2.19. The number of nitrogens with one attached hydrogen (secondary N) is 2. The maximum Gasteiger partial charge on any atom is 0.257 e. The van der Waals surface area contributed by atoms with Crippen LogP contribution in [-0.2, 0) is 0 Å². The Balaban J connectivity index is 1.73. The van der Waals surface area contributed by atoms with Crippen molar-refractivity contribution in [2.75, 3.05) is 10.6 Å². The number of aromatic nitrogens is 1. The molecule has 136 valence electrons. The Bertz CT molecular complexity index is 1000. The molecule has 0 aliphatic rings. The molecule has 0 aliphatic heterocycles. The average molecular weight is 367 g/mol. The molecule has 2 N–H and O–H groups in total. The molecule has 5 nitrogen and oxygen atoms in total. The standard InChI is InChI=1S/C20H15F2N3O2/c1-12(26)13-2-4-15(5-3-13)24-17-8-14(10-23-11-17)20(27)25-16-6-7-18(21)19(22)9-16/h2-11,24H,1H3,(H,25,27). The molecule has 1 aromatic heterocycles. The van der Waals surface area contributed by atoms with Gasteiger partial charge in [-0.05, 0) is 49.4 Å².